The van der Waals surface area contributed by atoms with Crippen molar-refractivity contribution >= 4 is 11.9 Å². The van der Waals surface area contributed by atoms with E-state index in [2.05, 4.69) is 6.92 Å². The largest absolute Gasteiger partial charge is 0.464 e. The first-order valence-electron chi connectivity index (χ1n) is 12.5. The summed E-state index contributed by atoms with van der Waals surface area (Å²) >= 11 is 0. The SMILES string of the molecule is CCCCCCCCCCCCCCCCCOC(=O)CN(C)C(=O)C(F)(F)C(F)(F)C(F)(F)F. The molecule has 0 saturated carbocycles. The van der Waals surface area contributed by atoms with Gasteiger partial charge < -0.3 is 9.64 Å². The molecule has 0 rings (SSSR count). The number of ether oxygens (including phenoxy) is 1. The molecule has 0 radical (unpaired) electrons. The molecule has 0 spiro atoms. The Morgan fingerprint density at radius 3 is 1.40 bits per heavy atom. The molecule has 0 aromatic carbocycles. The highest BCUT2D eigenvalue weighted by atomic mass is 19.4. The summed E-state index contributed by atoms with van der Waals surface area (Å²) in [5, 5.41) is 0. The lowest BCUT2D eigenvalue weighted by molar-refractivity contribution is -0.345. The topological polar surface area (TPSA) is 46.6 Å². The van der Waals surface area contributed by atoms with Crippen LogP contribution in [-0.2, 0) is 14.3 Å². The van der Waals surface area contributed by atoms with E-state index < -0.39 is 36.4 Å². The van der Waals surface area contributed by atoms with Gasteiger partial charge in [-0.3, -0.25) is 9.59 Å². The number of likely N-dealkylation sites (N-methyl/N-ethyl adjacent to an activating group) is 1. The number of amides is 1. The predicted molar refractivity (Wildman–Crippen MR) is 119 cm³/mol. The van der Waals surface area contributed by atoms with Gasteiger partial charge in [-0.15, -0.1) is 0 Å². The highest BCUT2D eigenvalue weighted by molar-refractivity contribution is 5.87. The molecular formula is C24H40F7NO3. The number of hydrogen-bond donors (Lipinski definition) is 0. The number of rotatable bonds is 20. The lowest BCUT2D eigenvalue weighted by Gasteiger charge is -2.29. The molecule has 0 N–H and O–H groups in total. The van der Waals surface area contributed by atoms with E-state index in [0.29, 0.717) is 13.5 Å². The van der Waals surface area contributed by atoms with Gasteiger partial charge in [-0.1, -0.05) is 96.8 Å². The second kappa shape index (κ2) is 17.0. The summed E-state index contributed by atoms with van der Waals surface area (Å²) in [6, 6.07) is 0. The first-order valence-corrected chi connectivity index (χ1v) is 12.5. The van der Waals surface area contributed by atoms with Gasteiger partial charge in [-0.05, 0) is 6.42 Å². The van der Waals surface area contributed by atoms with Gasteiger partial charge in [0.25, 0.3) is 5.91 Å². The van der Waals surface area contributed by atoms with Crippen LogP contribution in [-0.4, -0.2) is 55.0 Å². The van der Waals surface area contributed by atoms with Crippen molar-refractivity contribution in [2.24, 2.45) is 0 Å². The molecule has 0 heterocycles. The van der Waals surface area contributed by atoms with Crippen LogP contribution in [0.5, 0.6) is 0 Å². The van der Waals surface area contributed by atoms with Gasteiger partial charge in [0.05, 0.1) is 6.61 Å². The van der Waals surface area contributed by atoms with E-state index in [-0.39, 0.29) is 11.5 Å². The lowest BCUT2D eigenvalue weighted by Crippen LogP contribution is -2.60. The fourth-order valence-corrected chi connectivity index (χ4v) is 3.52. The summed E-state index contributed by atoms with van der Waals surface area (Å²) in [4.78, 5) is 22.8. The summed E-state index contributed by atoms with van der Waals surface area (Å²) in [6.07, 6.45) is 10.5. The van der Waals surface area contributed by atoms with E-state index in [1.807, 2.05) is 0 Å². The first kappa shape index (κ1) is 33.4. The number of esters is 1. The van der Waals surface area contributed by atoms with Crippen molar-refractivity contribution in [2.75, 3.05) is 20.2 Å². The highest BCUT2D eigenvalue weighted by Gasteiger charge is 2.76. The molecule has 0 unspecified atom stereocenters. The maximum Gasteiger partial charge on any atom is 0.460 e. The van der Waals surface area contributed by atoms with Gasteiger partial charge >= 0.3 is 24.0 Å². The molecule has 4 nitrogen and oxygen atoms in total. The summed E-state index contributed by atoms with van der Waals surface area (Å²) in [5.41, 5.74) is 0. The number of hydrogen-bond acceptors (Lipinski definition) is 3. The molecule has 0 fully saturated rings. The zero-order valence-electron chi connectivity index (χ0n) is 20.8. The Hall–Kier alpha value is -1.55. The third-order valence-electron chi connectivity index (χ3n) is 5.74. The summed E-state index contributed by atoms with van der Waals surface area (Å²) in [5.74, 6) is -16.6. The number of carbonyl (C=O) groups excluding carboxylic acids is 2. The zero-order chi connectivity index (χ0) is 27.0. The molecule has 0 aliphatic heterocycles. The number of unbranched alkanes of at least 4 members (excludes halogenated alkanes) is 14. The minimum Gasteiger partial charge on any atom is -0.464 e. The fourth-order valence-electron chi connectivity index (χ4n) is 3.52. The van der Waals surface area contributed by atoms with Crippen molar-refractivity contribution in [3.8, 4) is 0 Å². The normalized spacial score (nSPS) is 12.6. The molecule has 0 bridgehead atoms. The van der Waals surface area contributed by atoms with Crippen LogP contribution in [0.4, 0.5) is 30.7 Å². The van der Waals surface area contributed by atoms with E-state index in [1.165, 1.54) is 64.2 Å². The van der Waals surface area contributed by atoms with Crippen molar-refractivity contribution in [3.63, 3.8) is 0 Å². The Kier molecular flexibility index (Phi) is 16.2. The molecule has 0 aromatic heterocycles. The Labute approximate surface area is 203 Å². The van der Waals surface area contributed by atoms with Crippen molar-refractivity contribution in [1.29, 1.82) is 0 Å². The van der Waals surface area contributed by atoms with Crippen LogP contribution < -0.4 is 0 Å². The van der Waals surface area contributed by atoms with Crippen LogP contribution in [0, 0.1) is 0 Å². The van der Waals surface area contributed by atoms with Crippen molar-refractivity contribution in [1.82, 2.24) is 4.90 Å². The third-order valence-corrected chi connectivity index (χ3v) is 5.74. The molecular weight excluding hydrogens is 483 g/mol. The molecule has 0 saturated heterocycles. The van der Waals surface area contributed by atoms with Crippen LogP contribution in [0.1, 0.15) is 103 Å². The molecule has 0 aliphatic rings. The molecule has 208 valence electrons. The van der Waals surface area contributed by atoms with Crippen LogP contribution in [0.2, 0.25) is 0 Å². The van der Waals surface area contributed by atoms with Gasteiger partial charge in [0, 0.05) is 7.05 Å². The van der Waals surface area contributed by atoms with Crippen LogP contribution in [0.25, 0.3) is 0 Å². The van der Waals surface area contributed by atoms with Gasteiger partial charge in [0.1, 0.15) is 6.54 Å². The van der Waals surface area contributed by atoms with Crippen LogP contribution in [0.3, 0.4) is 0 Å². The lowest BCUT2D eigenvalue weighted by atomic mass is 10.0. The number of nitrogens with zero attached hydrogens (tertiary/aromatic N) is 1. The molecule has 1 amide bonds. The maximum atomic E-state index is 13.4. The van der Waals surface area contributed by atoms with Gasteiger partial charge in [0.15, 0.2) is 0 Å². The first-order chi connectivity index (χ1) is 16.3. The average Bonchev–Trinajstić information content (AvgIpc) is 2.77. The quantitative estimate of drug-likeness (QED) is 0.0934. The van der Waals surface area contributed by atoms with Crippen molar-refractivity contribution < 1.29 is 45.1 Å². The number of carbonyl (C=O) groups is 2. The fraction of sp³-hybridized carbons (Fsp3) is 0.917. The third kappa shape index (κ3) is 12.8. The number of alkyl halides is 7. The summed E-state index contributed by atoms with van der Waals surface area (Å²) < 4.78 is 93.9. The predicted octanol–water partition coefficient (Wildman–Crippen LogP) is 7.69. The summed E-state index contributed by atoms with van der Waals surface area (Å²) in [6.45, 7) is 0.981. The molecule has 0 atom stereocenters. The molecule has 11 heteroatoms. The standard InChI is InChI=1S/C24H40F7NO3/c1-3-4-5-6-7-8-9-10-11-12-13-14-15-16-17-18-35-20(33)19-32(2)21(34)22(25,26)23(27,28)24(29,30)31/h3-19H2,1-2H3. The zero-order valence-corrected chi connectivity index (χ0v) is 20.8. The van der Waals surface area contributed by atoms with Gasteiger partial charge in [-0.25, -0.2) is 0 Å². The Morgan fingerprint density at radius 1 is 0.657 bits per heavy atom. The second-order valence-corrected chi connectivity index (χ2v) is 8.98. The Balaban J connectivity index is 3.84. The minimum absolute atomic E-state index is 0.0613. The average molecular weight is 524 g/mol. The Bertz CT molecular complexity index is 598. The van der Waals surface area contributed by atoms with Crippen LogP contribution in [0.15, 0.2) is 0 Å². The second-order valence-electron chi connectivity index (χ2n) is 8.98. The van der Waals surface area contributed by atoms with Crippen molar-refractivity contribution in [2.45, 2.75) is 121 Å². The minimum atomic E-state index is -6.62. The smallest absolute Gasteiger partial charge is 0.460 e. The van der Waals surface area contributed by atoms with E-state index in [4.69, 9.17) is 4.74 Å². The number of halogens is 7. The maximum absolute atomic E-state index is 13.4. The van der Waals surface area contributed by atoms with E-state index >= 15 is 0 Å². The molecule has 0 aromatic rings. The molecule has 0 aliphatic carbocycles. The van der Waals surface area contributed by atoms with Crippen LogP contribution >= 0.6 is 0 Å². The van der Waals surface area contributed by atoms with E-state index in [1.54, 1.807) is 0 Å². The van der Waals surface area contributed by atoms with E-state index in [0.717, 1.165) is 25.7 Å². The van der Waals surface area contributed by atoms with Gasteiger partial charge in [-0.2, -0.15) is 30.7 Å². The van der Waals surface area contributed by atoms with Crippen molar-refractivity contribution in [3.05, 3.63) is 0 Å². The highest BCUT2D eigenvalue weighted by Crippen LogP contribution is 2.47. The van der Waals surface area contributed by atoms with E-state index in [9.17, 15) is 40.3 Å². The summed E-state index contributed by atoms with van der Waals surface area (Å²) in [7, 11) is 0.525. The monoisotopic (exact) mass is 523 g/mol. The molecule has 35 heavy (non-hydrogen) atoms. The van der Waals surface area contributed by atoms with Gasteiger partial charge in [0.2, 0.25) is 0 Å². The Morgan fingerprint density at radius 2 is 1.03 bits per heavy atom.